The van der Waals surface area contributed by atoms with Crippen LogP contribution >= 0.6 is 0 Å². The van der Waals surface area contributed by atoms with Crippen LogP contribution in [-0.4, -0.2) is 73.4 Å². The third kappa shape index (κ3) is 7.02. The minimum absolute atomic E-state index is 0.0883. The van der Waals surface area contributed by atoms with E-state index < -0.39 is 0 Å². The van der Waals surface area contributed by atoms with E-state index in [1.165, 1.54) is 52.0 Å². The maximum atomic E-state index is 9.55. The van der Waals surface area contributed by atoms with Gasteiger partial charge in [0, 0.05) is 18.6 Å². The van der Waals surface area contributed by atoms with Gasteiger partial charge in [-0.05, 0) is 65.8 Å². The average Bonchev–Trinajstić information content (AvgIpc) is 2.66. The molecule has 0 bridgehead atoms. The van der Waals surface area contributed by atoms with Crippen LogP contribution in [0.5, 0.6) is 0 Å². The van der Waals surface area contributed by atoms with Crippen molar-refractivity contribution in [3.8, 4) is 0 Å². The molecule has 1 atom stereocenters. The Kier molecular flexibility index (Phi) is 8.69. The van der Waals surface area contributed by atoms with Crippen molar-refractivity contribution in [1.82, 2.24) is 15.1 Å². The van der Waals surface area contributed by atoms with Crippen molar-refractivity contribution in [2.24, 2.45) is 0 Å². The van der Waals surface area contributed by atoms with Gasteiger partial charge < -0.3 is 20.2 Å². The van der Waals surface area contributed by atoms with E-state index in [4.69, 9.17) is 0 Å². The summed E-state index contributed by atoms with van der Waals surface area (Å²) in [6, 6.07) is 0. The molecule has 0 aliphatic carbocycles. The fraction of sp³-hybridized carbons (Fsp3) is 1.00. The smallest absolute Gasteiger partial charge is 0.0610 e. The molecule has 1 aliphatic rings. The Hall–Kier alpha value is -0.160. The van der Waals surface area contributed by atoms with Crippen LogP contribution in [0.25, 0.3) is 0 Å². The molecule has 0 spiro atoms. The Morgan fingerprint density at radius 1 is 1.15 bits per heavy atom. The highest BCUT2D eigenvalue weighted by molar-refractivity contribution is 4.82. The number of rotatable bonds is 9. The maximum Gasteiger partial charge on any atom is 0.0610 e. The standard InChI is InChI=1S/C16H35N3O/c1-4-9-17-16(2,15-20)8-5-6-11-19-12-7-10-18(3)13-14-19/h17,20H,4-15H2,1-3H3. The number of nitrogens with zero attached hydrogens (tertiary/aromatic N) is 2. The average molecular weight is 285 g/mol. The highest BCUT2D eigenvalue weighted by Crippen LogP contribution is 2.14. The molecule has 1 unspecified atom stereocenters. The van der Waals surface area contributed by atoms with Crippen molar-refractivity contribution in [2.75, 3.05) is 52.9 Å². The summed E-state index contributed by atoms with van der Waals surface area (Å²) in [5.41, 5.74) is -0.0883. The zero-order valence-corrected chi connectivity index (χ0v) is 13.8. The molecule has 4 heteroatoms. The third-order valence-corrected chi connectivity index (χ3v) is 4.42. The molecule has 1 heterocycles. The first-order chi connectivity index (χ1) is 9.59. The molecule has 0 amide bonds. The Morgan fingerprint density at radius 2 is 1.95 bits per heavy atom. The Labute approximate surface area is 125 Å². The van der Waals surface area contributed by atoms with Gasteiger partial charge in [-0.1, -0.05) is 13.3 Å². The van der Waals surface area contributed by atoms with Crippen molar-refractivity contribution in [2.45, 2.75) is 51.5 Å². The highest BCUT2D eigenvalue weighted by atomic mass is 16.3. The minimum Gasteiger partial charge on any atom is -0.394 e. The first-order valence-electron chi connectivity index (χ1n) is 8.36. The molecule has 4 nitrogen and oxygen atoms in total. The van der Waals surface area contributed by atoms with E-state index in [0.29, 0.717) is 0 Å². The Morgan fingerprint density at radius 3 is 2.65 bits per heavy atom. The summed E-state index contributed by atoms with van der Waals surface area (Å²) in [6.07, 6.45) is 5.92. The number of hydrogen-bond donors (Lipinski definition) is 2. The summed E-state index contributed by atoms with van der Waals surface area (Å²) in [6.45, 7) is 11.6. The van der Waals surface area contributed by atoms with Crippen LogP contribution in [-0.2, 0) is 0 Å². The van der Waals surface area contributed by atoms with Gasteiger partial charge in [-0.15, -0.1) is 0 Å². The van der Waals surface area contributed by atoms with E-state index in [1.54, 1.807) is 0 Å². The van der Waals surface area contributed by atoms with E-state index in [1.807, 2.05) is 0 Å². The van der Waals surface area contributed by atoms with Gasteiger partial charge in [-0.3, -0.25) is 0 Å². The number of aliphatic hydroxyl groups is 1. The predicted octanol–water partition coefficient (Wildman–Crippen LogP) is 1.54. The molecule has 1 rings (SSSR count). The van der Waals surface area contributed by atoms with Crippen LogP contribution < -0.4 is 5.32 Å². The largest absolute Gasteiger partial charge is 0.394 e. The van der Waals surface area contributed by atoms with Crippen molar-refractivity contribution in [1.29, 1.82) is 0 Å². The van der Waals surface area contributed by atoms with Gasteiger partial charge in [0.1, 0.15) is 0 Å². The molecule has 1 aliphatic heterocycles. The SMILES string of the molecule is CCCNC(C)(CO)CCCCN1CCCN(C)CC1. The molecular formula is C16H35N3O. The van der Waals surface area contributed by atoms with Gasteiger partial charge >= 0.3 is 0 Å². The number of unbranched alkanes of at least 4 members (excludes halogenated alkanes) is 1. The topological polar surface area (TPSA) is 38.7 Å². The minimum atomic E-state index is -0.0883. The molecule has 2 N–H and O–H groups in total. The summed E-state index contributed by atoms with van der Waals surface area (Å²) in [5.74, 6) is 0. The lowest BCUT2D eigenvalue weighted by molar-refractivity contribution is 0.161. The van der Waals surface area contributed by atoms with Crippen LogP contribution in [0.2, 0.25) is 0 Å². The first kappa shape index (κ1) is 17.9. The number of hydrogen-bond acceptors (Lipinski definition) is 4. The summed E-state index contributed by atoms with van der Waals surface area (Å²) in [7, 11) is 2.22. The van der Waals surface area contributed by atoms with Gasteiger partial charge in [0.2, 0.25) is 0 Å². The highest BCUT2D eigenvalue weighted by Gasteiger charge is 2.21. The Balaban J connectivity index is 2.16. The maximum absolute atomic E-state index is 9.55. The quantitative estimate of drug-likeness (QED) is 0.631. The van der Waals surface area contributed by atoms with Gasteiger partial charge in [-0.2, -0.15) is 0 Å². The molecule has 0 saturated carbocycles. The molecule has 0 aromatic heterocycles. The third-order valence-electron chi connectivity index (χ3n) is 4.42. The van der Waals surface area contributed by atoms with E-state index in [9.17, 15) is 5.11 Å². The molecule has 0 radical (unpaired) electrons. The molecule has 1 saturated heterocycles. The van der Waals surface area contributed by atoms with Crippen LogP contribution in [0.15, 0.2) is 0 Å². The lowest BCUT2D eigenvalue weighted by Crippen LogP contribution is -2.46. The van der Waals surface area contributed by atoms with Crippen LogP contribution in [0.4, 0.5) is 0 Å². The number of aliphatic hydroxyl groups excluding tert-OH is 1. The monoisotopic (exact) mass is 285 g/mol. The summed E-state index contributed by atoms with van der Waals surface area (Å²) in [4.78, 5) is 5.02. The van der Waals surface area contributed by atoms with Crippen LogP contribution in [0.3, 0.4) is 0 Å². The van der Waals surface area contributed by atoms with Gasteiger partial charge in [0.05, 0.1) is 6.61 Å². The molecular weight excluding hydrogens is 250 g/mol. The fourth-order valence-corrected chi connectivity index (χ4v) is 2.82. The molecule has 120 valence electrons. The van der Waals surface area contributed by atoms with Gasteiger partial charge in [-0.25, -0.2) is 0 Å². The molecule has 20 heavy (non-hydrogen) atoms. The van der Waals surface area contributed by atoms with Gasteiger partial charge in [0.25, 0.3) is 0 Å². The van der Waals surface area contributed by atoms with Crippen molar-refractivity contribution < 1.29 is 5.11 Å². The molecule has 0 aromatic carbocycles. The lowest BCUT2D eigenvalue weighted by atomic mass is 9.95. The zero-order valence-electron chi connectivity index (χ0n) is 13.8. The second kappa shape index (κ2) is 9.72. The van der Waals surface area contributed by atoms with Crippen LogP contribution in [0, 0.1) is 0 Å². The summed E-state index contributed by atoms with van der Waals surface area (Å²) >= 11 is 0. The number of likely N-dealkylation sites (N-methyl/N-ethyl adjacent to an activating group) is 1. The van der Waals surface area contributed by atoms with Crippen molar-refractivity contribution in [3.63, 3.8) is 0 Å². The summed E-state index contributed by atoms with van der Waals surface area (Å²) in [5, 5.41) is 13.0. The second-order valence-electron chi connectivity index (χ2n) is 6.60. The van der Waals surface area contributed by atoms with E-state index in [2.05, 4.69) is 36.0 Å². The fourth-order valence-electron chi connectivity index (χ4n) is 2.82. The second-order valence-corrected chi connectivity index (χ2v) is 6.60. The lowest BCUT2D eigenvalue weighted by Gasteiger charge is -2.29. The van der Waals surface area contributed by atoms with Gasteiger partial charge in [0.15, 0.2) is 0 Å². The van der Waals surface area contributed by atoms with Crippen molar-refractivity contribution in [3.05, 3.63) is 0 Å². The predicted molar refractivity (Wildman–Crippen MR) is 86.2 cm³/mol. The zero-order chi connectivity index (χ0) is 14.8. The number of nitrogens with one attached hydrogen (secondary N) is 1. The molecule has 1 fully saturated rings. The van der Waals surface area contributed by atoms with Crippen molar-refractivity contribution >= 4 is 0 Å². The normalized spacial score (nSPS) is 21.6. The van der Waals surface area contributed by atoms with Crippen LogP contribution in [0.1, 0.15) is 46.0 Å². The molecule has 0 aromatic rings. The van der Waals surface area contributed by atoms with E-state index in [-0.39, 0.29) is 12.1 Å². The van der Waals surface area contributed by atoms with E-state index in [0.717, 1.165) is 19.4 Å². The Bertz CT molecular complexity index is 250. The summed E-state index contributed by atoms with van der Waals surface area (Å²) < 4.78 is 0. The van der Waals surface area contributed by atoms with E-state index >= 15 is 0 Å². The first-order valence-corrected chi connectivity index (χ1v) is 8.36.